The van der Waals surface area contributed by atoms with Crippen LogP contribution in [0.15, 0.2) is 42.5 Å². The molecule has 2 aromatic rings. The molecule has 1 atom stereocenters. The average Bonchev–Trinajstić information content (AvgIpc) is 2.56. The number of nitrogens with zero attached hydrogens (tertiary/aromatic N) is 3. The predicted molar refractivity (Wildman–Crippen MR) is 81.8 cm³/mol. The summed E-state index contributed by atoms with van der Waals surface area (Å²) in [7, 11) is 2.03. The average molecular weight is 268 g/mol. The summed E-state index contributed by atoms with van der Waals surface area (Å²) in [6.07, 6.45) is 2.44. The number of hydrogen-bond donors (Lipinski definition) is 1. The number of rotatable bonds is 3. The fraction of sp³-hybridized carbons (Fsp3) is 0.375. The third kappa shape index (κ3) is 2.80. The van der Waals surface area contributed by atoms with Crippen LogP contribution < -0.4 is 10.2 Å². The number of anilines is 1. The van der Waals surface area contributed by atoms with Crippen molar-refractivity contribution < 1.29 is 0 Å². The molecular formula is C16H20N4. The first-order valence-electron chi connectivity index (χ1n) is 7.18. The molecule has 104 valence electrons. The molecule has 20 heavy (non-hydrogen) atoms. The Morgan fingerprint density at radius 3 is 2.65 bits per heavy atom. The molecule has 1 aromatic carbocycles. The summed E-state index contributed by atoms with van der Waals surface area (Å²) in [6.45, 7) is 2.08. The van der Waals surface area contributed by atoms with Gasteiger partial charge in [-0.1, -0.05) is 30.3 Å². The minimum absolute atomic E-state index is 0.555. The number of aromatic nitrogens is 2. The summed E-state index contributed by atoms with van der Waals surface area (Å²) in [5, 5.41) is 12.1. The number of piperidine rings is 1. The molecule has 0 amide bonds. The van der Waals surface area contributed by atoms with Gasteiger partial charge in [0.05, 0.1) is 5.69 Å². The number of hydrogen-bond acceptors (Lipinski definition) is 4. The third-order valence-corrected chi connectivity index (χ3v) is 3.87. The summed E-state index contributed by atoms with van der Waals surface area (Å²) in [5.74, 6) is 0.977. The molecule has 1 N–H and O–H groups in total. The smallest absolute Gasteiger partial charge is 0.151 e. The fourth-order valence-electron chi connectivity index (χ4n) is 2.68. The van der Waals surface area contributed by atoms with E-state index in [4.69, 9.17) is 0 Å². The van der Waals surface area contributed by atoms with Crippen LogP contribution in [0.4, 0.5) is 5.82 Å². The summed E-state index contributed by atoms with van der Waals surface area (Å²) in [5.41, 5.74) is 2.04. The van der Waals surface area contributed by atoms with Crippen molar-refractivity contribution in [1.82, 2.24) is 15.5 Å². The van der Waals surface area contributed by atoms with E-state index in [1.807, 2.05) is 25.2 Å². The van der Waals surface area contributed by atoms with Crippen molar-refractivity contribution in [2.24, 2.45) is 0 Å². The fourth-order valence-corrected chi connectivity index (χ4v) is 2.68. The van der Waals surface area contributed by atoms with Crippen molar-refractivity contribution in [2.75, 3.05) is 25.0 Å². The Hall–Kier alpha value is -1.94. The molecule has 0 aliphatic carbocycles. The first-order valence-corrected chi connectivity index (χ1v) is 7.18. The Morgan fingerprint density at radius 1 is 1.10 bits per heavy atom. The molecule has 1 saturated heterocycles. The largest absolute Gasteiger partial charge is 0.354 e. The lowest BCUT2D eigenvalue weighted by molar-refractivity contribution is 0.447. The Bertz CT molecular complexity index is 538. The van der Waals surface area contributed by atoms with Gasteiger partial charge in [0.2, 0.25) is 0 Å². The minimum atomic E-state index is 0.555. The van der Waals surface area contributed by atoms with Gasteiger partial charge in [-0.2, -0.15) is 0 Å². The maximum absolute atomic E-state index is 4.40. The van der Waals surface area contributed by atoms with Crippen LogP contribution in [0, 0.1) is 0 Å². The lowest BCUT2D eigenvalue weighted by Crippen LogP contribution is -2.44. The van der Waals surface area contributed by atoms with Crippen molar-refractivity contribution in [1.29, 1.82) is 0 Å². The zero-order chi connectivity index (χ0) is 13.8. The molecule has 4 heteroatoms. The second kappa shape index (κ2) is 6.01. The van der Waals surface area contributed by atoms with Gasteiger partial charge in [-0.3, -0.25) is 0 Å². The van der Waals surface area contributed by atoms with E-state index in [-0.39, 0.29) is 0 Å². The molecule has 1 aliphatic rings. The van der Waals surface area contributed by atoms with Crippen LogP contribution in [0.2, 0.25) is 0 Å². The SMILES string of the molecule is CNC1CCCN(c2ccc(-c3ccccc3)nn2)C1. The molecule has 1 fully saturated rings. The molecule has 4 nitrogen and oxygen atoms in total. The summed E-state index contributed by atoms with van der Waals surface area (Å²) < 4.78 is 0. The highest BCUT2D eigenvalue weighted by Crippen LogP contribution is 2.20. The van der Waals surface area contributed by atoms with E-state index in [1.165, 1.54) is 12.8 Å². The van der Waals surface area contributed by atoms with Gasteiger partial charge in [0.15, 0.2) is 5.82 Å². The van der Waals surface area contributed by atoms with E-state index in [0.29, 0.717) is 6.04 Å². The van der Waals surface area contributed by atoms with Gasteiger partial charge in [0.1, 0.15) is 0 Å². The summed E-state index contributed by atoms with van der Waals surface area (Å²) in [6, 6.07) is 14.9. The van der Waals surface area contributed by atoms with Crippen LogP contribution in [0.25, 0.3) is 11.3 Å². The first-order chi connectivity index (χ1) is 9.86. The molecule has 0 bridgehead atoms. The number of nitrogens with one attached hydrogen (secondary N) is 1. The van der Waals surface area contributed by atoms with E-state index in [1.54, 1.807) is 0 Å². The normalized spacial score (nSPS) is 19.1. The second-order valence-electron chi connectivity index (χ2n) is 5.22. The predicted octanol–water partition coefficient (Wildman–Crippen LogP) is 2.33. The monoisotopic (exact) mass is 268 g/mol. The third-order valence-electron chi connectivity index (χ3n) is 3.87. The van der Waals surface area contributed by atoms with Crippen LogP contribution in [-0.2, 0) is 0 Å². The highest BCUT2D eigenvalue weighted by molar-refractivity contribution is 5.59. The standard InChI is InChI=1S/C16H20N4/c1-17-14-8-5-11-20(12-14)16-10-9-15(18-19-16)13-6-3-2-4-7-13/h2-4,6-7,9-10,14,17H,5,8,11-12H2,1H3. The molecule has 0 radical (unpaired) electrons. The van der Waals surface area contributed by atoms with E-state index in [0.717, 1.165) is 30.2 Å². The molecule has 2 heterocycles. The lowest BCUT2D eigenvalue weighted by Gasteiger charge is -2.33. The molecule has 0 spiro atoms. The van der Waals surface area contributed by atoms with Gasteiger partial charge in [0, 0.05) is 24.7 Å². The van der Waals surface area contributed by atoms with Gasteiger partial charge in [-0.25, -0.2) is 0 Å². The highest BCUT2D eigenvalue weighted by atomic mass is 15.3. The van der Waals surface area contributed by atoms with Crippen molar-refractivity contribution in [3.05, 3.63) is 42.5 Å². The topological polar surface area (TPSA) is 41.0 Å². The van der Waals surface area contributed by atoms with Crippen LogP contribution in [0.1, 0.15) is 12.8 Å². The van der Waals surface area contributed by atoms with Gasteiger partial charge >= 0.3 is 0 Å². The maximum Gasteiger partial charge on any atom is 0.151 e. The van der Waals surface area contributed by atoms with E-state index >= 15 is 0 Å². The summed E-state index contributed by atoms with van der Waals surface area (Å²) >= 11 is 0. The van der Waals surface area contributed by atoms with E-state index in [2.05, 4.69) is 44.7 Å². The van der Waals surface area contributed by atoms with Gasteiger partial charge in [-0.15, -0.1) is 10.2 Å². The van der Waals surface area contributed by atoms with Gasteiger partial charge in [-0.05, 0) is 32.0 Å². The molecule has 1 unspecified atom stereocenters. The Kier molecular flexibility index (Phi) is 3.92. The minimum Gasteiger partial charge on any atom is -0.354 e. The lowest BCUT2D eigenvalue weighted by atomic mass is 10.1. The highest BCUT2D eigenvalue weighted by Gasteiger charge is 2.19. The van der Waals surface area contributed by atoms with Gasteiger partial charge in [0.25, 0.3) is 0 Å². The Labute approximate surface area is 119 Å². The maximum atomic E-state index is 4.40. The van der Waals surface area contributed by atoms with Crippen LogP contribution in [0.3, 0.4) is 0 Å². The molecule has 1 aromatic heterocycles. The van der Waals surface area contributed by atoms with E-state index in [9.17, 15) is 0 Å². The Balaban J connectivity index is 1.76. The molecule has 1 aliphatic heterocycles. The van der Waals surface area contributed by atoms with Crippen molar-refractivity contribution in [3.8, 4) is 11.3 Å². The Morgan fingerprint density at radius 2 is 1.95 bits per heavy atom. The van der Waals surface area contributed by atoms with Crippen LogP contribution in [0.5, 0.6) is 0 Å². The second-order valence-corrected chi connectivity index (χ2v) is 5.22. The number of benzene rings is 1. The quantitative estimate of drug-likeness (QED) is 0.927. The first kappa shape index (κ1) is 13.1. The van der Waals surface area contributed by atoms with E-state index < -0.39 is 0 Å². The van der Waals surface area contributed by atoms with Crippen molar-refractivity contribution in [3.63, 3.8) is 0 Å². The summed E-state index contributed by atoms with van der Waals surface area (Å²) in [4.78, 5) is 2.31. The molecule has 3 rings (SSSR count). The zero-order valence-electron chi connectivity index (χ0n) is 11.8. The molecular weight excluding hydrogens is 248 g/mol. The van der Waals surface area contributed by atoms with Crippen molar-refractivity contribution >= 4 is 5.82 Å². The number of likely N-dealkylation sites (N-methyl/N-ethyl adjacent to an activating group) is 1. The van der Waals surface area contributed by atoms with Gasteiger partial charge < -0.3 is 10.2 Å². The van der Waals surface area contributed by atoms with Crippen molar-refractivity contribution in [2.45, 2.75) is 18.9 Å². The zero-order valence-corrected chi connectivity index (χ0v) is 11.8. The molecule has 0 saturated carbocycles. The van der Waals surface area contributed by atoms with Crippen LogP contribution in [-0.4, -0.2) is 36.4 Å². The van der Waals surface area contributed by atoms with Crippen LogP contribution >= 0.6 is 0 Å².